The molecule has 5 nitrogen and oxygen atoms in total. The molecule has 1 aromatic heterocycles. The third-order valence-electron chi connectivity index (χ3n) is 2.10. The molecule has 2 N–H and O–H groups in total. The maximum Gasteiger partial charge on any atom is 0.333 e. The van der Waals surface area contributed by atoms with Gasteiger partial charge in [-0.15, -0.1) is 24.0 Å². The van der Waals surface area contributed by atoms with Crippen molar-refractivity contribution in [3.05, 3.63) is 18.7 Å². The van der Waals surface area contributed by atoms with Crippen molar-refractivity contribution < 1.29 is 9.53 Å². The summed E-state index contributed by atoms with van der Waals surface area (Å²) in [4.78, 5) is 15.3. The number of hydrogen-bond acceptors (Lipinski definition) is 4. The molecule has 6 heteroatoms. The van der Waals surface area contributed by atoms with Crippen LogP contribution in [-0.4, -0.2) is 29.2 Å². The van der Waals surface area contributed by atoms with Crippen molar-refractivity contribution in [1.29, 1.82) is 0 Å². The summed E-state index contributed by atoms with van der Waals surface area (Å²) < 4.78 is 6.30. The van der Waals surface area contributed by atoms with E-state index in [2.05, 4.69) is 9.72 Å². The summed E-state index contributed by atoms with van der Waals surface area (Å²) in [6, 6.07) is 0. The van der Waals surface area contributed by atoms with E-state index < -0.39 is 5.54 Å². The minimum atomic E-state index is -0.856. The molecule has 0 aromatic carbocycles. The Balaban J connectivity index is 0.00000169. The number of rotatable bonds is 3. The van der Waals surface area contributed by atoms with Crippen molar-refractivity contribution in [1.82, 2.24) is 9.55 Å². The number of nitrogens with zero attached hydrogens (tertiary/aromatic N) is 2. The van der Waals surface area contributed by atoms with Gasteiger partial charge in [0.1, 0.15) is 0 Å². The van der Waals surface area contributed by atoms with Crippen LogP contribution in [0.25, 0.3) is 0 Å². The second-order valence-electron chi connectivity index (χ2n) is 2.94. The second kappa shape index (κ2) is 5.30. The molecule has 14 heavy (non-hydrogen) atoms. The smallest absolute Gasteiger partial charge is 0.333 e. The Morgan fingerprint density at radius 3 is 2.71 bits per heavy atom. The highest BCUT2D eigenvalue weighted by Gasteiger charge is 2.34. The van der Waals surface area contributed by atoms with Gasteiger partial charge in [0.2, 0.25) is 0 Å². The van der Waals surface area contributed by atoms with E-state index in [4.69, 9.17) is 5.73 Å². The first-order chi connectivity index (χ1) is 6.15. The van der Waals surface area contributed by atoms with Crippen LogP contribution in [0, 0.1) is 0 Å². The number of methoxy groups -OCH3 is 1. The highest BCUT2D eigenvalue weighted by Crippen LogP contribution is 2.15. The van der Waals surface area contributed by atoms with Gasteiger partial charge in [0.25, 0.3) is 0 Å². The molecule has 80 valence electrons. The number of hydrogen-bond donors (Lipinski definition) is 1. The van der Waals surface area contributed by atoms with Crippen LogP contribution in [0.5, 0.6) is 0 Å². The Bertz CT molecular complexity index is 289. The number of carbonyl (C=O) groups is 1. The van der Waals surface area contributed by atoms with Gasteiger partial charge in [0.15, 0.2) is 5.54 Å². The van der Waals surface area contributed by atoms with Gasteiger partial charge in [-0.25, -0.2) is 9.78 Å². The third-order valence-corrected chi connectivity index (χ3v) is 2.10. The average molecular weight is 311 g/mol. The lowest BCUT2D eigenvalue weighted by Crippen LogP contribution is -2.45. The minimum absolute atomic E-state index is 0. The van der Waals surface area contributed by atoms with Gasteiger partial charge >= 0.3 is 5.97 Å². The molecule has 0 spiro atoms. The van der Waals surface area contributed by atoms with E-state index in [-0.39, 0.29) is 36.5 Å². The summed E-state index contributed by atoms with van der Waals surface area (Å²) in [6.45, 7) is 1.89. The van der Waals surface area contributed by atoms with Crippen LogP contribution in [0.15, 0.2) is 18.7 Å². The fourth-order valence-electron chi connectivity index (χ4n) is 1.07. The Morgan fingerprint density at radius 1 is 1.71 bits per heavy atom. The molecule has 0 amide bonds. The number of halogens is 1. The third kappa shape index (κ3) is 2.24. The predicted octanol–water partition coefficient (Wildman–Crippen LogP) is 0.348. The number of imidazole rings is 1. The van der Waals surface area contributed by atoms with Crippen LogP contribution in [0.3, 0.4) is 0 Å². The number of aromatic nitrogens is 2. The largest absolute Gasteiger partial charge is 0.467 e. The van der Waals surface area contributed by atoms with E-state index in [0.29, 0.717) is 0 Å². The van der Waals surface area contributed by atoms with Crippen LogP contribution in [0.2, 0.25) is 0 Å². The molecule has 0 saturated carbocycles. The van der Waals surface area contributed by atoms with Crippen LogP contribution < -0.4 is 5.73 Å². The van der Waals surface area contributed by atoms with E-state index in [0.717, 1.165) is 0 Å². The average Bonchev–Trinajstić information content (AvgIpc) is 2.68. The highest BCUT2D eigenvalue weighted by atomic mass is 127. The Labute approximate surface area is 99.7 Å². The van der Waals surface area contributed by atoms with Crippen molar-refractivity contribution >= 4 is 29.9 Å². The molecule has 1 atom stereocenters. The topological polar surface area (TPSA) is 70.1 Å². The summed E-state index contributed by atoms with van der Waals surface area (Å²) in [5.41, 5.74) is 4.67. The molecule has 0 aliphatic heterocycles. The van der Waals surface area contributed by atoms with Gasteiger partial charge in [-0.3, -0.25) is 0 Å². The zero-order valence-corrected chi connectivity index (χ0v) is 10.5. The molecule has 0 aliphatic rings. The molecular weight excluding hydrogens is 297 g/mol. The van der Waals surface area contributed by atoms with E-state index in [1.165, 1.54) is 7.11 Å². The maximum absolute atomic E-state index is 11.4. The van der Waals surface area contributed by atoms with Crippen LogP contribution in [0.4, 0.5) is 0 Å². The standard InChI is InChI=1S/C8H13N3O2.HI/c1-8(5-9,7(12)13-2)11-4-3-10-6-11;/h3-4,6H,5,9H2,1-2H3;1H/t8-;/m1./s1. The molecule has 1 rings (SSSR count). The monoisotopic (exact) mass is 311 g/mol. The van der Waals surface area contributed by atoms with Gasteiger partial charge < -0.3 is 15.0 Å². The van der Waals surface area contributed by atoms with Crippen molar-refractivity contribution in [3.8, 4) is 0 Å². The molecule has 0 unspecified atom stereocenters. The summed E-state index contributed by atoms with van der Waals surface area (Å²) in [6.07, 6.45) is 4.82. The summed E-state index contributed by atoms with van der Waals surface area (Å²) in [5, 5.41) is 0. The van der Waals surface area contributed by atoms with Crippen LogP contribution in [-0.2, 0) is 15.1 Å². The molecule has 0 bridgehead atoms. The summed E-state index contributed by atoms with van der Waals surface area (Å²) in [7, 11) is 1.34. The Kier molecular flexibility index (Phi) is 5.06. The zero-order valence-electron chi connectivity index (χ0n) is 8.14. The minimum Gasteiger partial charge on any atom is -0.467 e. The van der Waals surface area contributed by atoms with Crippen LogP contribution >= 0.6 is 24.0 Å². The van der Waals surface area contributed by atoms with E-state index in [1.54, 1.807) is 30.2 Å². The first-order valence-electron chi connectivity index (χ1n) is 3.92. The maximum atomic E-state index is 11.4. The fourth-order valence-corrected chi connectivity index (χ4v) is 1.07. The zero-order chi connectivity index (χ0) is 9.90. The molecule has 1 heterocycles. The highest BCUT2D eigenvalue weighted by molar-refractivity contribution is 14.0. The van der Waals surface area contributed by atoms with Crippen LogP contribution in [0.1, 0.15) is 6.92 Å². The first kappa shape index (κ1) is 13.4. The molecule has 0 radical (unpaired) electrons. The lowest BCUT2D eigenvalue weighted by molar-refractivity contribution is -0.149. The molecular formula is C8H14IN3O2. The van der Waals surface area contributed by atoms with Crippen molar-refractivity contribution in [2.75, 3.05) is 13.7 Å². The first-order valence-corrected chi connectivity index (χ1v) is 3.92. The van der Waals surface area contributed by atoms with Gasteiger partial charge in [-0.2, -0.15) is 0 Å². The van der Waals surface area contributed by atoms with Crippen molar-refractivity contribution in [3.63, 3.8) is 0 Å². The lowest BCUT2D eigenvalue weighted by Gasteiger charge is -2.26. The van der Waals surface area contributed by atoms with Crippen molar-refractivity contribution in [2.24, 2.45) is 5.73 Å². The summed E-state index contributed by atoms with van der Waals surface area (Å²) in [5.74, 6) is -0.368. The van der Waals surface area contributed by atoms with Gasteiger partial charge in [0, 0.05) is 18.9 Å². The normalized spacial score (nSPS) is 13.9. The molecule has 0 saturated heterocycles. The number of carbonyl (C=O) groups excluding carboxylic acids is 1. The molecule has 1 aromatic rings. The molecule has 0 aliphatic carbocycles. The van der Waals surface area contributed by atoms with Gasteiger partial charge in [0.05, 0.1) is 13.4 Å². The lowest BCUT2D eigenvalue weighted by atomic mass is 10.0. The fraction of sp³-hybridized carbons (Fsp3) is 0.500. The Morgan fingerprint density at radius 2 is 2.36 bits per heavy atom. The van der Waals surface area contributed by atoms with Gasteiger partial charge in [-0.1, -0.05) is 0 Å². The van der Waals surface area contributed by atoms with E-state index in [1.807, 2.05) is 0 Å². The van der Waals surface area contributed by atoms with E-state index >= 15 is 0 Å². The predicted molar refractivity (Wildman–Crippen MR) is 62.4 cm³/mol. The van der Waals surface area contributed by atoms with E-state index in [9.17, 15) is 4.79 Å². The molecule has 0 fully saturated rings. The number of ether oxygens (including phenoxy) is 1. The SMILES string of the molecule is COC(=O)[C@@](C)(CN)n1ccnc1.I. The van der Waals surface area contributed by atoms with Gasteiger partial charge in [-0.05, 0) is 6.92 Å². The second-order valence-corrected chi connectivity index (χ2v) is 2.94. The summed E-state index contributed by atoms with van der Waals surface area (Å²) >= 11 is 0. The number of esters is 1. The quantitative estimate of drug-likeness (QED) is 0.646. The Hall–Kier alpha value is -0.630. The van der Waals surface area contributed by atoms with Crippen molar-refractivity contribution in [2.45, 2.75) is 12.5 Å². The number of nitrogens with two attached hydrogens (primary N) is 1.